The van der Waals surface area contributed by atoms with Gasteiger partial charge in [0.25, 0.3) is 0 Å². The minimum atomic E-state index is 0.906. The first-order chi connectivity index (χ1) is 26.3. The number of benzene rings is 10. The Morgan fingerprint density at radius 3 is 1.36 bits per heavy atom. The second kappa shape index (κ2) is 11.8. The summed E-state index contributed by atoms with van der Waals surface area (Å²) in [7, 11) is 0. The van der Waals surface area contributed by atoms with Crippen LogP contribution in [0, 0.1) is 0 Å². The van der Waals surface area contributed by atoms with Crippen molar-refractivity contribution in [2.45, 2.75) is 0 Å². The van der Waals surface area contributed by atoms with Gasteiger partial charge in [0, 0.05) is 10.8 Å². The first-order valence-corrected chi connectivity index (χ1v) is 18.2. The van der Waals surface area contributed by atoms with Crippen molar-refractivity contribution in [3.63, 3.8) is 0 Å². The summed E-state index contributed by atoms with van der Waals surface area (Å²) in [6.45, 7) is 0. The number of hydrogen-bond donors (Lipinski definition) is 0. The Kier molecular flexibility index (Phi) is 6.62. The van der Waals surface area contributed by atoms with Crippen molar-refractivity contribution in [2.75, 3.05) is 0 Å². The second-order valence-electron chi connectivity index (χ2n) is 14.0. The van der Waals surface area contributed by atoms with Gasteiger partial charge in [0.15, 0.2) is 0 Å². The summed E-state index contributed by atoms with van der Waals surface area (Å²) in [5.41, 5.74) is 11.4. The lowest BCUT2D eigenvalue weighted by Gasteiger charge is -2.20. The predicted molar refractivity (Wildman–Crippen MR) is 225 cm³/mol. The van der Waals surface area contributed by atoms with Crippen LogP contribution in [-0.2, 0) is 0 Å². The molecule has 0 saturated heterocycles. The molecule has 1 heteroatoms. The quantitative estimate of drug-likeness (QED) is 0.134. The van der Waals surface area contributed by atoms with E-state index in [0.717, 1.165) is 33.1 Å². The first kappa shape index (κ1) is 29.7. The van der Waals surface area contributed by atoms with E-state index in [1.165, 1.54) is 76.5 Å². The van der Waals surface area contributed by atoms with Gasteiger partial charge in [0.2, 0.25) is 0 Å². The summed E-state index contributed by atoms with van der Waals surface area (Å²) in [6.07, 6.45) is 0. The Morgan fingerprint density at radius 1 is 0.226 bits per heavy atom. The van der Waals surface area contributed by atoms with Crippen LogP contribution in [0.5, 0.6) is 0 Å². The summed E-state index contributed by atoms with van der Waals surface area (Å²) in [5, 5.41) is 12.3. The van der Waals surface area contributed by atoms with Crippen LogP contribution in [0.4, 0.5) is 0 Å². The molecule has 0 unspecified atom stereocenters. The van der Waals surface area contributed by atoms with Gasteiger partial charge in [-0.3, -0.25) is 0 Å². The van der Waals surface area contributed by atoms with Crippen molar-refractivity contribution in [3.05, 3.63) is 194 Å². The Balaban J connectivity index is 1.19. The lowest BCUT2D eigenvalue weighted by molar-refractivity contribution is 0.669. The molecule has 10 aromatic carbocycles. The normalized spacial score (nSPS) is 11.8. The van der Waals surface area contributed by atoms with Crippen molar-refractivity contribution in [1.82, 2.24) is 0 Å². The Labute approximate surface area is 307 Å². The van der Waals surface area contributed by atoms with Gasteiger partial charge in [-0.15, -0.1) is 0 Å². The Morgan fingerprint density at radius 2 is 0.679 bits per heavy atom. The zero-order valence-electron chi connectivity index (χ0n) is 28.9. The highest BCUT2D eigenvalue weighted by Crippen LogP contribution is 2.46. The predicted octanol–water partition coefficient (Wildman–Crippen LogP) is 14.9. The fraction of sp³-hybridized carbons (Fsp3) is 0. The molecule has 0 saturated carbocycles. The second-order valence-corrected chi connectivity index (χ2v) is 14.0. The van der Waals surface area contributed by atoms with E-state index in [1.807, 2.05) is 12.1 Å². The van der Waals surface area contributed by atoms with Crippen LogP contribution in [0.15, 0.2) is 199 Å². The van der Waals surface area contributed by atoms with Gasteiger partial charge in [-0.1, -0.05) is 158 Å². The molecule has 1 nitrogen and oxygen atoms in total. The fourth-order valence-electron chi connectivity index (χ4n) is 8.52. The molecule has 0 aliphatic rings. The molecule has 0 spiro atoms. The van der Waals surface area contributed by atoms with Crippen LogP contribution < -0.4 is 0 Å². The highest BCUT2D eigenvalue weighted by molar-refractivity contribution is 6.22. The molecule has 0 aliphatic heterocycles. The number of para-hydroxylation sites is 1. The lowest BCUT2D eigenvalue weighted by Crippen LogP contribution is -1.92. The van der Waals surface area contributed by atoms with Crippen molar-refractivity contribution in [1.29, 1.82) is 0 Å². The van der Waals surface area contributed by atoms with Crippen LogP contribution in [-0.4, -0.2) is 0 Å². The zero-order chi connectivity index (χ0) is 34.9. The molecule has 246 valence electrons. The third-order valence-corrected chi connectivity index (χ3v) is 11.0. The summed E-state index contributed by atoms with van der Waals surface area (Å²) in [6, 6.07) is 70.7. The average molecular weight is 673 g/mol. The van der Waals surface area contributed by atoms with E-state index in [2.05, 4.69) is 182 Å². The Bertz CT molecular complexity index is 3210. The standard InChI is InChI=1S/C52H32O/c1-3-12-34(13-4-1)51-45-27-23-37(36-21-25-42-40(29-36)20-19-33-11-7-8-16-41(33)42)30-47(45)52(35-14-5-2-6-15-35)48-31-38(24-28-46(48)51)39-22-26-44-43-17-9-10-18-49(43)53-50(44)32-39/h1-32H. The molecule has 0 amide bonds. The van der Waals surface area contributed by atoms with Crippen LogP contribution in [0.1, 0.15) is 0 Å². The number of furan rings is 1. The van der Waals surface area contributed by atoms with Gasteiger partial charge in [-0.2, -0.15) is 0 Å². The van der Waals surface area contributed by atoms with E-state index in [4.69, 9.17) is 4.42 Å². The largest absolute Gasteiger partial charge is 0.456 e. The molecule has 11 aromatic rings. The van der Waals surface area contributed by atoms with Gasteiger partial charge < -0.3 is 4.42 Å². The number of rotatable bonds is 4. The summed E-state index contributed by atoms with van der Waals surface area (Å²) in [5.74, 6) is 0. The number of hydrogen-bond acceptors (Lipinski definition) is 1. The highest BCUT2D eigenvalue weighted by atomic mass is 16.3. The van der Waals surface area contributed by atoms with E-state index in [-0.39, 0.29) is 0 Å². The van der Waals surface area contributed by atoms with Crippen molar-refractivity contribution >= 4 is 65.0 Å². The van der Waals surface area contributed by atoms with Crippen LogP contribution in [0.25, 0.3) is 110 Å². The van der Waals surface area contributed by atoms with E-state index in [9.17, 15) is 0 Å². The maximum Gasteiger partial charge on any atom is 0.136 e. The van der Waals surface area contributed by atoms with E-state index in [1.54, 1.807) is 0 Å². The fourth-order valence-corrected chi connectivity index (χ4v) is 8.52. The van der Waals surface area contributed by atoms with E-state index < -0.39 is 0 Å². The van der Waals surface area contributed by atoms with Gasteiger partial charge in [0.05, 0.1) is 0 Å². The Hall–Kier alpha value is -6.96. The maximum atomic E-state index is 6.33. The molecule has 0 aliphatic carbocycles. The van der Waals surface area contributed by atoms with E-state index in [0.29, 0.717) is 0 Å². The maximum absolute atomic E-state index is 6.33. The summed E-state index contributed by atoms with van der Waals surface area (Å²) < 4.78 is 6.33. The molecule has 0 radical (unpaired) electrons. The van der Waals surface area contributed by atoms with Crippen LogP contribution in [0.2, 0.25) is 0 Å². The SMILES string of the molecule is c1ccc(-c2c3ccc(-c4ccc5c(ccc6ccccc65)c4)cc3c(-c3ccccc3)c3cc(-c4ccc5c(c4)oc4ccccc45)ccc23)cc1. The molecular weight excluding hydrogens is 641 g/mol. The summed E-state index contributed by atoms with van der Waals surface area (Å²) in [4.78, 5) is 0. The van der Waals surface area contributed by atoms with Crippen LogP contribution >= 0.6 is 0 Å². The molecular formula is C52H32O. The third-order valence-electron chi connectivity index (χ3n) is 11.0. The molecule has 11 rings (SSSR count). The van der Waals surface area contributed by atoms with Gasteiger partial charge in [-0.25, -0.2) is 0 Å². The van der Waals surface area contributed by atoms with Gasteiger partial charge in [-0.05, 0) is 124 Å². The molecule has 0 atom stereocenters. The summed E-state index contributed by atoms with van der Waals surface area (Å²) >= 11 is 0. The smallest absolute Gasteiger partial charge is 0.136 e. The average Bonchev–Trinajstić information content (AvgIpc) is 3.61. The van der Waals surface area contributed by atoms with Crippen molar-refractivity contribution in [2.24, 2.45) is 0 Å². The van der Waals surface area contributed by atoms with E-state index >= 15 is 0 Å². The molecule has 53 heavy (non-hydrogen) atoms. The highest BCUT2D eigenvalue weighted by Gasteiger charge is 2.19. The monoisotopic (exact) mass is 672 g/mol. The molecule has 0 N–H and O–H groups in total. The van der Waals surface area contributed by atoms with Crippen molar-refractivity contribution in [3.8, 4) is 44.5 Å². The topological polar surface area (TPSA) is 13.1 Å². The molecule has 0 bridgehead atoms. The number of fused-ring (bicyclic) bond motifs is 8. The molecule has 1 aromatic heterocycles. The van der Waals surface area contributed by atoms with Crippen molar-refractivity contribution < 1.29 is 4.42 Å². The van der Waals surface area contributed by atoms with Crippen LogP contribution in [0.3, 0.4) is 0 Å². The van der Waals surface area contributed by atoms with Gasteiger partial charge in [0.1, 0.15) is 11.2 Å². The first-order valence-electron chi connectivity index (χ1n) is 18.2. The third kappa shape index (κ3) is 4.79. The minimum Gasteiger partial charge on any atom is -0.456 e. The zero-order valence-corrected chi connectivity index (χ0v) is 28.9. The lowest BCUT2D eigenvalue weighted by atomic mass is 9.83. The molecule has 0 fully saturated rings. The minimum absolute atomic E-state index is 0.906. The van der Waals surface area contributed by atoms with Gasteiger partial charge >= 0.3 is 0 Å². The molecule has 1 heterocycles.